The molecule has 6 heteroatoms. The Bertz CT molecular complexity index is 348. The van der Waals surface area contributed by atoms with Crippen LogP contribution in [0.3, 0.4) is 0 Å². The van der Waals surface area contributed by atoms with Crippen LogP contribution in [0.5, 0.6) is 0 Å². The lowest BCUT2D eigenvalue weighted by atomic mass is 10.0. The van der Waals surface area contributed by atoms with Gasteiger partial charge in [-0.3, -0.25) is 4.79 Å². The fourth-order valence-electron chi connectivity index (χ4n) is 3.01. The first kappa shape index (κ1) is 25.2. The number of halogens is 3. The molecule has 26 heavy (non-hydrogen) atoms. The van der Waals surface area contributed by atoms with Gasteiger partial charge in [-0.2, -0.15) is 13.2 Å². The Kier molecular flexibility index (Phi) is 14.8. The Morgan fingerprint density at radius 2 is 1.23 bits per heavy atom. The molecule has 0 rings (SSSR count). The normalized spacial score (nSPS) is 14.2. The minimum absolute atomic E-state index is 0.414. The van der Waals surface area contributed by atoms with Gasteiger partial charge in [0.15, 0.2) is 0 Å². The average molecular weight is 382 g/mol. The summed E-state index contributed by atoms with van der Waals surface area (Å²) in [6, 6.07) is -0.888. The summed E-state index contributed by atoms with van der Waals surface area (Å²) in [5, 5.41) is 11.6. The molecule has 0 aromatic heterocycles. The van der Waals surface area contributed by atoms with Crippen LogP contribution in [-0.4, -0.2) is 29.3 Å². The van der Waals surface area contributed by atoms with Gasteiger partial charge in [0.05, 0.1) is 12.1 Å². The number of carbonyl (C=O) groups is 1. The second-order valence-corrected chi connectivity index (χ2v) is 7.36. The lowest BCUT2D eigenvalue weighted by Crippen LogP contribution is -2.46. The van der Waals surface area contributed by atoms with Gasteiger partial charge in [-0.05, 0) is 13.3 Å². The number of aliphatic hydroxyl groups excluding tert-OH is 1. The van der Waals surface area contributed by atoms with Crippen LogP contribution in [0.25, 0.3) is 0 Å². The molecule has 0 aliphatic heterocycles. The predicted octanol–water partition coefficient (Wildman–Crippen LogP) is 5.90. The number of amides is 1. The lowest BCUT2D eigenvalue weighted by Gasteiger charge is -2.20. The highest BCUT2D eigenvalue weighted by molar-refractivity contribution is 5.81. The van der Waals surface area contributed by atoms with Crippen LogP contribution in [0, 0.1) is 0 Å². The molecule has 0 heterocycles. The molecule has 3 nitrogen and oxygen atoms in total. The zero-order valence-corrected chi connectivity index (χ0v) is 16.5. The van der Waals surface area contributed by atoms with E-state index in [9.17, 15) is 23.1 Å². The van der Waals surface area contributed by atoms with Crippen LogP contribution in [0.1, 0.15) is 104 Å². The van der Waals surface area contributed by atoms with Crippen molar-refractivity contribution in [1.29, 1.82) is 0 Å². The van der Waals surface area contributed by atoms with Crippen molar-refractivity contribution in [3.05, 3.63) is 0 Å². The maximum Gasteiger partial charge on any atom is 0.471 e. The molecular weight excluding hydrogens is 343 g/mol. The molecule has 0 fully saturated rings. The highest BCUT2D eigenvalue weighted by Gasteiger charge is 2.39. The highest BCUT2D eigenvalue weighted by atomic mass is 19.4. The van der Waals surface area contributed by atoms with Gasteiger partial charge in [0.1, 0.15) is 0 Å². The molecule has 0 aromatic carbocycles. The molecule has 156 valence electrons. The first-order valence-corrected chi connectivity index (χ1v) is 10.3. The molecule has 0 saturated carbocycles. The summed E-state index contributed by atoms with van der Waals surface area (Å²) in [5.41, 5.74) is 0. The van der Waals surface area contributed by atoms with Gasteiger partial charge in [0.25, 0.3) is 0 Å². The summed E-state index contributed by atoms with van der Waals surface area (Å²) in [7, 11) is 0. The fourth-order valence-corrected chi connectivity index (χ4v) is 3.01. The molecule has 0 unspecified atom stereocenters. The summed E-state index contributed by atoms with van der Waals surface area (Å²) in [5.74, 6) is -1.99. The number of hydrogen-bond donors (Lipinski definition) is 2. The molecule has 0 aromatic rings. The van der Waals surface area contributed by atoms with E-state index < -0.39 is 24.2 Å². The third-order valence-electron chi connectivity index (χ3n) is 4.80. The highest BCUT2D eigenvalue weighted by Crippen LogP contribution is 2.16. The van der Waals surface area contributed by atoms with Crippen LogP contribution < -0.4 is 5.32 Å². The summed E-state index contributed by atoms with van der Waals surface area (Å²) in [6.45, 7) is 3.63. The summed E-state index contributed by atoms with van der Waals surface area (Å²) in [6.07, 6.45) is 10.4. The summed E-state index contributed by atoms with van der Waals surface area (Å²) in [4.78, 5) is 10.8. The van der Waals surface area contributed by atoms with Crippen LogP contribution in [0.15, 0.2) is 0 Å². The average Bonchev–Trinajstić information content (AvgIpc) is 2.57. The minimum atomic E-state index is -4.90. The molecular formula is C20H38F3NO2. The Hall–Kier alpha value is -0.780. The van der Waals surface area contributed by atoms with Gasteiger partial charge < -0.3 is 10.4 Å². The first-order valence-electron chi connectivity index (χ1n) is 10.3. The predicted molar refractivity (Wildman–Crippen MR) is 100.0 cm³/mol. The van der Waals surface area contributed by atoms with Crippen molar-refractivity contribution in [3.8, 4) is 0 Å². The number of unbranched alkanes of at least 4 members (excludes halogenated alkanes) is 12. The van der Waals surface area contributed by atoms with Gasteiger partial charge in [0.2, 0.25) is 0 Å². The van der Waals surface area contributed by atoms with Gasteiger partial charge >= 0.3 is 12.1 Å². The molecule has 0 aliphatic carbocycles. The standard InChI is InChI=1S/C20H38F3NO2/c1-3-4-5-6-7-8-9-10-11-12-13-14-15-16-18(25)17(2)24-19(26)20(21,22)23/h17-18,25H,3-16H2,1-2H3,(H,24,26)/t17-,18+/m0/s1. The van der Waals surface area contributed by atoms with E-state index >= 15 is 0 Å². The van der Waals surface area contributed by atoms with Crippen LogP contribution in [-0.2, 0) is 4.79 Å². The van der Waals surface area contributed by atoms with E-state index in [0.29, 0.717) is 6.42 Å². The van der Waals surface area contributed by atoms with Crippen molar-refractivity contribution in [2.24, 2.45) is 0 Å². The van der Waals surface area contributed by atoms with Crippen LogP contribution in [0.4, 0.5) is 13.2 Å². The zero-order chi connectivity index (χ0) is 19.8. The van der Waals surface area contributed by atoms with E-state index in [4.69, 9.17) is 0 Å². The Balaban J connectivity index is 3.45. The van der Waals surface area contributed by atoms with Gasteiger partial charge in [-0.15, -0.1) is 0 Å². The Labute approximate surface area is 157 Å². The number of hydrogen-bond acceptors (Lipinski definition) is 2. The van der Waals surface area contributed by atoms with E-state index in [1.807, 2.05) is 0 Å². The molecule has 0 radical (unpaired) electrons. The summed E-state index contributed by atoms with van der Waals surface area (Å²) < 4.78 is 36.5. The van der Waals surface area contributed by atoms with Crippen molar-refractivity contribution in [2.45, 2.75) is 122 Å². The number of alkyl halides is 3. The van der Waals surface area contributed by atoms with Gasteiger partial charge in [-0.1, -0.05) is 90.4 Å². The van der Waals surface area contributed by atoms with Crippen molar-refractivity contribution < 1.29 is 23.1 Å². The quantitative estimate of drug-likeness (QED) is 0.327. The van der Waals surface area contributed by atoms with Crippen LogP contribution in [0.2, 0.25) is 0 Å². The number of carbonyl (C=O) groups excluding carboxylic acids is 1. The Morgan fingerprint density at radius 1 is 0.846 bits per heavy atom. The van der Waals surface area contributed by atoms with Crippen molar-refractivity contribution in [2.75, 3.05) is 0 Å². The van der Waals surface area contributed by atoms with Gasteiger partial charge in [-0.25, -0.2) is 0 Å². The summed E-state index contributed by atoms with van der Waals surface area (Å²) >= 11 is 0. The smallest absolute Gasteiger partial charge is 0.391 e. The molecule has 1 amide bonds. The maximum absolute atomic E-state index is 12.2. The topological polar surface area (TPSA) is 49.3 Å². The van der Waals surface area contributed by atoms with Gasteiger partial charge in [0, 0.05) is 0 Å². The molecule has 0 bridgehead atoms. The first-order chi connectivity index (χ1) is 12.3. The lowest BCUT2D eigenvalue weighted by molar-refractivity contribution is -0.175. The zero-order valence-electron chi connectivity index (χ0n) is 16.5. The largest absolute Gasteiger partial charge is 0.471 e. The third kappa shape index (κ3) is 14.4. The Morgan fingerprint density at radius 3 is 1.62 bits per heavy atom. The number of aliphatic hydroxyl groups is 1. The monoisotopic (exact) mass is 381 g/mol. The van der Waals surface area contributed by atoms with Crippen molar-refractivity contribution in [1.82, 2.24) is 5.32 Å². The second kappa shape index (κ2) is 15.3. The number of rotatable bonds is 16. The van der Waals surface area contributed by atoms with Crippen LogP contribution >= 0.6 is 0 Å². The van der Waals surface area contributed by atoms with E-state index in [0.717, 1.165) is 19.3 Å². The minimum Gasteiger partial charge on any atom is -0.391 e. The molecule has 0 aliphatic rings. The van der Waals surface area contributed by atoms with Crippen molar-refractivity contribution >= 4 is 5.91 Å². The molecule has 2 atom stereocenters. The molecule has 0 saturated heterocycles. The fraction of sp³-hybridized carbons (Fsp3) is 0.950. The van der Waals surface area contributed by atoms with E-state index in [1.54, 1.807) is 5.32 Å². The number of nitrogens with one attached hydrogen (secondary N) is 1. The van der Waals surface area contributed by atoms with Crippen molar-refractivity contribution in [3.63, 3.8) is 0 Å². The molecule has 0 spiro atoms. The maximum atomic E-state index is 12.2. The van der Waals surface area contributed by atoms with E-state index in [-0.39, 0.29) is 0 Å². The van der Waals surface area contributed by atoms with E-state index in [1.165, 1.54) is 71.1 Å². The second-order valence-electron chi connectivity index (χ2n) is 7.36. The third-order valence-corrected chi connectivity index (χ3v) is 4.80. The van der Waals surface area contributed by atoms with E-state index in [2.05, 4.69) is 6.92 Å². The SMILES string of the molecule is CCCCCCCCCCCCCCC[C@@H](O)[C@H](C)NC(=O)C(F)(F)F. The molecule has 2 N–H and O–H groups in total.